The zero-order valence-corrected chi connectivity index (χ0v) is 15.0. The van der Waals surface area contributed by atoms with Crippen LogP contribution in [0, 0.1) is 0 Å². The average molecular weight is 327 g/mol. The van der Waals surface area contributed by atoms with Crippen molar-refractivity contribution in [2.75, 3.05) is 6.61 Å². The van der Waals surface area contributed by atoms with Crippen molar-refractivity contribution >= 4 is 11.6 Å². The van der Waals surface area contributed by atoms with Gasteiger partial charge in [0.25, 0.3) is 0 Å². The molecular weight excluding hydrogens is 296 g/mol. The van der Waals surface area contributed by atoms with Gasteiger partial charge < -0.3 is 4.89 Å². The zero-order valence-electron chi connectivity index (χ0n) is 14.2. The quantitative estimate of drug-likeness (QED) is 0.227. The van der Waals surface area contributed by atoms with Crippen LogP contribution in [0.4, 0.5) is 0 Å². The molecule has 0 fully saturated rings. The molecule has 126 valence electrons. The molecule has 0 aliphatic carbocycles. The standard InChI is InChI=1S/C19H31ClO2/c1-3-5-7-8-9-10-11-13-17-18(20)14-12-15-19(17)22-21-16-6-4-2/h12,14-15H,3-11,13,16H2,1-2H3. The van der Waals surface area contributed by atoms with Crippen molar-refractivity contribution < 1.29 is 9.78 Å². The van der Waals surface area contributed by atoms with E-state index in [1.165, 1.54) is 38.5 Å². The minimum atomic E-state index is 0.625. The van der Waals surface area contributed by atoms with E-state index in [-0.39, 0.29) is 0 Å². The topological polar surface area (TPSA) is 18.5 Å². The molecule has 0 bridgehead atoms. The molecule has 0 spiro atoms. The van der Waals surface area contributed by atoms with Gasteiger partial charge in [0.05, 0.1) is 6.61 Å². The molecule has 0 saturated carbocycles. The summed E-state index contributed by atoms with van der Waals surface area (Å²) in [5.74, 6) is 0.773. The molecule has 2 nitrogen and oxygen atoms in total. The number of hydrogen-bond donors (Lipinski definition) is 0. The van der Waals surface area contributed by atoms with Crippen molar-refractivity contribution in [2.45, 2.75) is 78.1 Å². The van der Waals surface area contributed by atoms with Gasteiger partial charge in [0.2, 0.25) is 0 Å². The molecule has 22 heavy (non-hydrogen) atoms. The second kappa shape index (κ2) is 12.8. The Morgan fingerprint density at radius 3 is 2.27 bits per heavy atom. The highest BCUT2D eigenvalue weighted by Gasteiger charge is 2.09. The van der Waals surface area contributed by atoms with E-state index < -0.39 is 0 Å². The SMILES string of the molecule is CCCCCCCCCc1c(Cl)cccc1OOCCCC. The van der Waals surface area contributed by atoms with Gasteiger partial charge in [0, 0.05) is 10.6 Å². The molecule has 0 N–H and O–H groups in total. The number of unbranched alkanes of at least 4 members (excludes halogenated alkanes) is 7. The van der Waals surface area contributed by atoms with Gasteiger partial charge in [0.1, 0.15) is 0 Å². The summed E-state index contributed by atoms with van der Waals surface area (Å²) < 4.78 is 0. The van der Waals surface area contributed by atoms with Gasteiger partial charge in [-0.15, -0.1) is 0 Å². The van der Waals surface area contributed by atoms with Gasteiger partial charge in [-0.1, -0.05) is 76.5 Å². The summed E-state index contributed by atoms with van der Waals surface area (Å²) >= 11 is 6.32. The highest BCUT2D eigenvalue weighted by molar-refractivity contribution is 6.31. The van der Waals surface area contributed by atoms with Crippen LogP contribution in [0.2, 0.25) is 5.02 Å². The molecule has 0 radical (unpaired) electrons. The monoisotopic (exact) mass is 326 g/mol. The van der Waals surface area contributed by atoms with Crippen molar-refractivity contribution in [2.24, 2.45) is 0 Å². The lowest BCUT2D eigenvalue weighted by atomic mass is 10.0. The summed E-state index contributed by atoms with van der Waals surface area (Å²) in [6, 6.07) is 5.78. The lowest BCUT2D eigenvalue weighted by Crippen LogP contribution is -2.02. The number of hydrogen-bond acceptors (Lipinski definition) is 2. The van der Waals surface area contributed by atoms with E-state index in [2.05, 4.69) is 13.8 Å². The van der Waals surface area contributed by atoms with Gasteiger partial charge in [-0.3, -0.25) is 0 Å². The molecule has 3 heteroatoms. The van der Waals surface area contributed by atoms with Crippen LogP contribution in [-0.4, -0.2) is 6.61 Å². The van der Waals surface area contributed by atoms with Gasteiger partial charge in [-0.25, -0.2) is 0 Å². The highest BCUT2D eigenvalue weighted by Crippen LogP contribution is 2.28. The fourth-order valence-corrected chi connectivity index (χ4v) is 2.69. The van der Waals surface area contributed by atoms with E-state index in [9.17, 15) is 0 Å². The summed E-state index contributed by atoms with van der Waals surface area (Å²) in [7, 11) is 0. The molecule has 0 atom stereocenters. The Morgan fingerprint density at radius 2 is 1.55 bits per heavy atom. The Labute approximate surface area is 141 Å². The summed E-state index contributed by atoms with van der Waals surface area (Å²) in [5.41, 5.74) is 1.08. The molecule has 0 unspecified atom stereocenters. The van der Waals surface area contributed by atoms with E-state index in [4.69, 9.17) is 21.4 Å². The van der Waals surface area contributed by atoms with Crippen LogP contribution in [0.5, 0.6) is 5.75 Å². The summed E-state index contributed by atoms with van der Waals surface area (Å²) in [5, 5.41) is 0.780. The first-order chi connectivity index (χ1) is 10.8. The summed E-state index contributed by atoms with van der Waals surface area (Å²) in [6.07, 6.45) is 12.2. The van der Waals surface area contributed by atoms with Gasteiger partial charge in [-0.05, 0) is 31.4 Å². The Balaban J connectivity index is 2.34. The molecule has 0 saturated heterocycles. The lowest BCUT2D eigenvalue weighted by Gasteiger charge is -2.11. The zero-order chi connectivity index (χ0) is 16.0. The molecule has 1 aromatic carbocycles. The van der Waals surface area contributed by atoms with Crippen molar-refractivity contribution in [1.29, 1.82) is 0 Å². The van der Waals surface area contributed by atoms with E-state index in [1.54, 1.807) is 0 Å². The van der Waals surface area contributed by atoms with Crippen LogP contribution >= 0.6 is 11.6 Å². The van der Waals surface area contributed by atoms with Crippen LogP contribution in [0.25, 0.3) is 0 Å². The Hall–Kier alpha value is -0.730. The average Bonchev–Trinajstić information content (AvgIpc) is 2.52. The Bertz CT molecular complexity index is 393. The van der Waals surface area contributed by atoms with Gasteiger partial charge in [-0.2, -0.15) is 4.89 Å². The fraction of sp³-hybridized carbons (Fsp3) is 0.684. The second-order valence-electron chi connectivity index (χ2n) is 5.85. The molecule has 1 aromatic rings. The van der Waals surface area contributed by atoms with Crippen LogP contribution in [0.1, 0.15) is 77.2 Å². The summed E-state index contributed by atoms with van der Waals surface area (Å²) in [6.45, 7) is 5.01. The van der Waals surface area contributed by atoms with Gasteiger partial charge in [0.15, 0.2) is 5.75 Å². The first kappa shape index (κ1) is 19.3. The van der Waals surface area contributed by atoms with E-state index in [0.29, 0.717) is 6.61 Å². The molecular formula is C19H31ClO2. The minimum absolute atomic E-state index is 0.625. The number of halogens is 1. The molecule has 1 rings (SSSR count). The minimum Gasteiger partial charge on any atom is -0.337 e. The number of benzene rings is 1. The third-order valence-corrected chi connectivity index (χ3v) is 4.19. The molecule has 0 aliphatic heterocycles. The largest absolute Gasteiger partial charge is 0.337 e. The van der Waals surface area contributed by atoms with Crippen LogP contribution in [0.3, 0.4) is 0 Å². The van der Waals surface area contributed by atoms with Gasteiger partial charge >= 0.3 is 0 Å². The molecule has 0 aromatic heterocycles. The first-order valence-electron chi connectivity index (χ1n) is 8.86. The van der Waals surface area contributed by atoms with E-state index in [1.807, 2.05) is 18.2 Å². The third kappa shape index (κ3) is 8.05. The van der Waals surface area contributed by atoms with E-state index in [0.717, 1.165) is 42.0 Å². The van der Waals surface area contributed by atoms with Crippen LogP contribution in [0.15, 0.2) is 18.2 Å². The van der Waals surface area contributed by atoms with Crippen molar-refractivity contribution in [3.05, 3.63) is 28.8 Å². The lowest BCUT2D eigenvalue weighted by molar-refractivity contribution is -0.207. The maximum Gasteiger partial charge on any atom is 0.170 e. The maximum atomic E-state index is 6.32. The van der Waals surface area contributed by atoms with Crippen LogP contribution < -0.4 is 4.89 Å². The van der Waals surface area contributed by atoms with Crippen molar-refractivity contribution in [3.63, 3.8) is 0 Å². The Morgan fingerprint density at radius 1 is 0.864 bits per heavy atom. The van der Waals surface area contributed by atoms with Crippen molar-refractivity contribution in [3.8, 4) is 5.75 Å². The molecule has 0 heterocycles. The summed E-state index contributed by atoms with van der Waals surface area (Å²) in [4.78, 5) is 10.7. The van der Waals surface area contributed by atoms with Crippen molar-refractivity contribution in [1.82, 2.24) is 0 Å². The smallest absolute Gasteiger partial charge is 0.170 e. The maximum absolute atomic E-state index is 6.32. The third-order valence-electron chi connectivity index (χ3n) is 3.84. The first-order valence-corrected chi connectivity index (χ1v) is 9.24. The predicted molar refractivity (Wildman–Crippen MR) is 94.6 cm³/mol. The normalized spacial score (nSPS) is 10.9. The molecule has 0 aliphatic rings. The molecule has 0 amide bonds. The van der Waals surface area contributed by atoms with E-state index >= 15 is 0 Å². The Kier molecular flexibility index (Phi) is 11.2. The predicted octanol–water partition coefficient (Wildman–Crippen LogP) is 6.74. The highest BCUT2D eigenvalue weighted by atomic mass is 35.5. The number of rotatable bonds is 13. The second-order valence-corrected chi connectivity index (χ2v) is 6.25. The van der Waals surface area contributed by atoms with Crippen LogP contribution in [-0.2, 0) is 11.3 Å². The fourth-order valence-electron chi connectivity index (χ4n) is 2.43.